The lowest BCUT2D eigenvalue weighted by Crippen LogP contribution is -1.75. The highest BCUT2D eigenvalue weighted by atomic mass is 16.3. The molecule has 0 aromatic carbocycles. The molecule has 0 aliphatic rings. The van der Waals surface area contributed by atoms with Crippen molar-refractivity contribution in [2.45, 2.75) is 0 Å². The number of hydrogen-bond acceptors (Lipinski definition) is 2. The van der Waals surface area contributed by atoms with Crippen molar-refractivity contribution in [2.75, 3.05) is 6.61 Å². The van der Waals surface area contributed by atoms with Crippen molar-refractivity contribution in [3.8, 4) is 0 Å². The lowest BCUT2D eigenvalue weighted by molar-refractivity contribution is -0.110. The summed E-state index contributed by atoms with van der Waals surface area (Å²) in [6.45, 7) is -0.361. The molecular formula is C3H4O2. The summed E-state index contributed by atoms with van der Waals surface area (Å²) in [5.74, 6) is 0. The largest absolute Gasteiger partial charge is 0.389 e. The molecule has 0 atom stereocenters. The van der Waals surface area contributed by atoms with Crippen LogP contribution in [0.15, 0.2) is 0 Å². The average Bonchev–Trinajstić information content (AvgIpc) is 1.37. The molecule has 0 fully saturated rings. The van der Waals surface area contributed by atoms with Crippen molar-refractivity contribution in [1.82, 2.24) is 0 Å². The molecule has 2 nitrogen and oxygen atoms in total. The molecule has 4 radical (unpaired) electrons. The van der Waals surface area contributed by atoms with E-state index < -0.39 is 0 Å². The minimum Gasteiger partial charge on any atom is -0.389 e. The Bertz CT molecular complexity index is 18.9. The summed E-state index contributed by atoms with van der Waals surface area (Å²) in [6, 6.07) is 0. The van der Waals surface area contributed by atoms with Crippen molar-refractivity contribution in [1.29, 1.82) is 0 Å². The van der Waals surface area contributed by atoms with Crippen molar-refractivity contribution in [2.24, 2.45) is 0 Å². The van der Waals surface area contributed by atoms with Crippen LogP contribution in [0.4, 0.5) is 0 Å². The summed E-state index contributed by atoms with van der Waals surface area (Å²) in [4.78, 5) is 8.92. The van der Waals surface area contributed by atoms with Gasteiger partial charge in [-0.2, -0.15) is 0 Å². The second-order valence-corrected chi connectivity index (χ2v) is 0.349. The first kappa shape index (κ1) is 8.82. The van der Waals surface area contributed by atoms with Gasteiger partial charge in [0.2, 0.25) is 0 Å². The van der Waals surface area contributed by atoms with Gasteiger partial charge >= 0.3 is 0 Å². The number of carbonyl (C=O) groups is 1. The highest BCUT2D eigenvalue weighted by Gasteiger charge is 1.53. The van der Waals surface area contributed by atoms with Gasteiger partial charge in [0.25, 0.3) is 0 Å². The molecule has 0 spiro atoms. The smallest absolute Gasteiger partial charge is 0.145 e. The molecule has 1 N–H and O–H groups in total. The first-order valence-corrected chi connectivity index (χ1v) is 0.960. The Labute approximate surface area is 31.4 Å². The molecule has 0 bridgehead atoms. The summed E-state index contributed by atoms with van der Waals surface area (Å²) < 4.78 is 0. The molecule has 0 aliphatic carbocycles. The topological polar surface area (TPSA) is 37.3 Å². The molecule has 0 unspecified atom stereocenters. The number of carbonyl (C=O) groups excluding carboxylic acids is 1. The minimum atomic E-state index is -0.361. The average molecular weight is 72.1 g/mol. The molecule has 5 heavy (non-hydrogen) atoms. The Morgan fingerprint density at radius 3 is 2.00 bits per heavy atom. The first-order chi connectivity index (χ1) is 1.91. The lowest BCUT2D eigenvalue weighted by Gasteiger charge is -1.54. The quantitative estimate of drug-likeness (QED) is 0.414. The molecule has 0 rings (SSSR count). The van der Waals surface area contributed by atoms with Gasteiger partial charge < -0.3 is 9.90 Å². The van der Waals surface area contributed by atoms with Crippen LogP contribution in [0.3, 0.4) is 0 Å². The van der Waals surface area contributed by atoms with Crippen LogP contribution < -0.4 is 0 Å². The number of aliphatic hydroxyl groups is 1. The van der Waals surface area contributed by atoms with Crippen molar-refractivity contribution in [3.05, 3.63) is 7.43 Å². The van der Waals surface area contributed by atoms with E-state index in [1.165, 1.54) is 0 Å². The number of rotatable bonds is 1. The predicted octanol–water partition coefficient (Wildman–Crippen LogP) is -0.741. The van der Waals surface area contributed by atoms with Crippen LogP contribution in [0.25, 0.3) is 0 Å². The third-order valence-electron chi connectivity index (χ3n) is 0.0745. The monoisotopic (exact) mass is 72.0 g/mol. The zero-order valence-corrected chi connectivity index (χ0v) is 2.64. The maximum atomic E-state index is 8.92. The Kier molecular flexibility index (Phi) is 16.7. The van der Waals surface area contributed by atoms with Crippen LogP contribution >= 0.6 is 0 Å². The van der Waals surface area contributed by atoms with Gasteiger partial charge in [-0.25, -0.2) is 0 Å². The normalized spacial score (nSPS) is 5.00. The van der Waals surface area contributed by atoms with Gasteiger partial charge in [-0.1, -0.05) is 0 Å². The van der Waals surface area contributed by atoms with E-state index in [1.54, 1.807) is 0 Å². The van der Waals surface area contributed by atoms with E-state index in [4.69, 9.17) is 9.90 Å². The summed E-state index contributed by atoms with van der Waals surface area (Å²) in [6.07, 6.45) is 0.431. The Morgan fingerprint density at radius 2 is 2.00 bits per heavy atom. The van der Waals surface area contributed by atoms with E-state index in [1.807, 2.05) is 0 Å². The zero-order valence-electron chi connectivity index (χ0n) is 2.64. The van der Waals surface area contributed by atoms with Crippen molar-refractivity contribution in [3.63, 3.8) is 0 Å². The standard InChI is InChI=1S/C2H4O2.C/c3-1-2-4;/h1,4H,2H2;. The molecule has 28 valence electrons. The summed E-state index contributed by atoms with van der Waals surface area (Å²) in [5, 5.41) is 7.51. The molecule has 0 aromatic rings. The minimum absolute atomic E-state index is 0. The van der Waals surface area contributed by atoms with Gasteiger partial charge in [-0.15, -0.1) is 0 Å². The zero-order chi connectivity index (χ0) is 3.41. The van der Waals surface area contributed by atoms with E-state index in [9.17, 15) is 0 Å². The highest BCUT2D eigenvalue weighted by Crippen LogP contribution is 1.27. The van der Waals surface area contributed by atoms with Gasteiger partial charge in [-0.05, 0) is 0 Å². The van der Waals surface area contributed by atoms with Crippen LogP contribution in [0, 0.1) is 7.43 Å². The van der Waals surface area contributed by atoms with E-state index in [0.29, 0.717) is 6.29 Å². The Balaban J connectivity index is 0. The van der Waals surface area contributed by atoms with Gasteiger partial charge in [0.05, 0.1) is 6.61 Å². The van der Waals surface area contributed by atoms with Gasteiger partial charge in [0.1, 0.15) is 6.29 Å². The third-order valence-corrected chi connectivity index (χ3v) is 0.0745. The Hall–Kier alpha value is -0.370. The number of hydrogen-bond donors (Lipinski definition) is 1. The Morgan fingerprint density at radius 1 is 1.80 bits per heavy atom. The fourth-order valence-corrected chi connectivity index (χ4v) is 0. The summed E-state index contributed by atoms with van der Waals surface area (Å²) in [7, 11) is 0. The molecule has 0 aliphatic heterocycles. The van der Waals surface area contributed by atoms with Gasteiger partial charge in [-0.3, -0.25) is 0 Å². The maximum Gasteiger partial charge on any atom is 0.145 e. The van der Waals surface area contributed by atoms with E-state index in [0.717, 1.165) is 0 Å². The van der Waals surface area contributed by atoms with Crippen molar-refractivity contribution >= 4 is 6.29 Å². The highest BCUT2D eigenvalue weighted by molar-refractivity contribution is 5.49. The summed E-state index contributed by atoms with van der Waals surface area (Å²) in [5.41, 5.74) is 0. The maximum absolute atomic E-state index is 8.92. The van der Waals surface area contributed by atoms with Crippen LogP contribution in [0.2, 0.25) is 0 Å². The van der Waals surface area contributed by atoms with Crippen LogP contribution in [-0.4, -0.2) is 18.0 Å². The van der Waals surface area contributed by atoms with E-state index in [-0.39, 0.29) is 14.0 Å². The van der Waals surface area contributed by atoms with Gasteiger partial charge in [0, 0.05) is 7.43 Å². The molecule has 0 heterocycles. The third kappa shape index (κ3) is 24.3. The van der Waals surface area contributed by atoms with Crippen molar-refractivity contribution < 1.29 is 9.90 Å². The molecular weight excluding hydrogens is 68.0 g/mol. The molecule has 0 saturated carbocycles. The van der Waals surface area contributed by atoms with E-state index >= 15 is 0 Å². The van der Waals surface area contributed by atoms with E-state index in [2.05, 4.69) is 0 Å². The molecule has 2 heteroatoms. The fourth-order valence-electron chi connectivity index (χ4n) is 0. The van der Waals surface area contributed by atoms with Crippen LogP contribution in [0.5, 0.6) is 0 Å². The molecule has 0 saturated heterocycles. The van der Waals surface area contributed by atoms with Gasteiger partial charge in [0.15, 0.2) is 0 Å². The molecule has 0 aromatic heterocycles. The number of aliphatic hydroxyl groups excluding tert-OH is 1. The lowest BCUT2D eigenvalue weighted by atomic mass is 10.9. The SMILES string of the molecule is O=CCO.[C]. The second kappa shape index (κ2) is 9.45. The fraction of sp³-hybridized carbons (Fsp3) is 0.333. The first-order valence-electron chi connectivity index (χ1n) is 0.960. The summed E-state index contributed by atoms with van der Waals surface area (Å²) >= 11 is 0. The van der Waals surface area contributed by atoms with Crippen LogP contribution in [-0.2, 0) is 4.79 Å². The molecule has 0 amide bonds. The second-order valence-electron chi connectivity index (χ2n) is 0.349. The predicted molar refractivity (Wildman–Crippen MR) is 16.4 cm³/mol. The van der Waals surface area contributed by atoms with Crippen LogP contribution in [0.1, 0.15) is 0 Å². The number of aldehydes is 1.